The van der Waals surface area contributed by atoms with E-state index in [0.717, 1.165) is 25.7 Å². The molecule has 0 aliphatic carbocycles. The van der Waals surface area contributed by atoms with Crippen molar-refractivity contribution in [1.29, 1.82) is 0 Å². The topological polar surface area (TPSA) is 20.2 Å². The molecule has 1 unspecified atom stereocenters. The van der Waals surface area contributed by atoms with Crippen LogP contribution in [-0.4, -0.2) is 5.11 Å². The molecule has 1 aromatic rings. The highest BCUT2D eigenvalue weighted by atomic mass is 79.9. The number of hydrogen-bond acceptors (Lipinski definition) is 1. The van der Waals surface area contributed by atoms with E-state index in [2.05, 4.69) is 22.5 Å². The average Bonchev–Trinajstić information content (AvgIpc) is 2.27. The molecule has 1 atom stereocenters. The largest absolute Gasteiger partial charge is 0.388 e. The minimum atomic E-state index is -0.578. The van der Waals surface area contributed by atoms with Crippen molar-refractivity contribution in [2.24, 2.45) is 0 Å². The fourth-order valence-corrected chi connectivity index (χ4v) is 2.22. The van der Waals surface area contributed by atoms with Crippen LogP contribution in [0.3, 0.4) is 0 Å². The van der Waals surface area contributed by atoms with Gasteiger partial charge in [-0.1, -0.05) is 34.8 Å². The zero-order valence-electron chi connectivity index (χ0n) is 9.83. The van der Waals surface area contributed by atoms with E-state index in [9.17, 15) is 9.50 Å². The van der Waals surface area contributed by atoms with Crippen molar-refractivity contribution in [1.82, 2.24) is 0 Å². The predicted octanol–water partition coefficient (Wildman–Crippen LogP) is 4.76. The van der Waals surface area contributed by atoms with Crippen LogP contribution < -0.4 is 0 Å². The minimum absolute atomic E-state index is 0.319. The Labute approximate surface area is 110 Å². The Balaban J connectivity index is 2.40. The molecule has 3 heteroatoms. The molecule has 94 valence electrons. The molecule has 0 aromatic heterocycles. The summed E-state index contributed by atoms with van der Waals surface area (Å²) in [6, 6.07) is 4.54. The Morgan fingerprint density at radius 1 is 1.29 bits per heavy atom. The Bertz CT molecular complexity index is 345. The standard InChI is InChI=1S/C14H18BrFO/c1-2-3-4-5-6-7-14(17)11-8-12(15)10-13(16)9-11/h2,8-10,14,17H,1,3-7H2. The molecule has 1 nitrogen and oxygen atoms in total. The molecule has 0 aliphatic rings. The van der Waals surface area contributed by atoms with E-state index in [4.69, 9.17) is 0 Å². The van der Waals surface area contributed by atoms with Crippen LogP contribution in [0.25, 0.3) is 0 Å². The van der Waals surface area contributed by atoms with E-state index < -0.39 is 6.10 Å². The summed E-state index contributed by atoms with van der Waals surface area (Å²) in [7, 11) is 0. The summed E-state index contributed by atoms with van der Waals surface area (Å²) in [6.45, 7) is 3.66. The van der Waals surface area contributed by atoms with Crippen molar-refractivity contribution in [2.45, 2.75) is 38.2 Å². The van der Waals surface area contributed by atoms with Crippen molar-refractivity contribution >= 4 is 15.9 Å². The average molecular weight is 301 g/mol. The summed E-state index contributed by atoms with van der Waals surface area (Å²) in [5, 5.41) is 9.92. The first-order valence-electron chi connectivity index (χ1n) is 5.88. The van der Waals surface area contributed by atoms with Crippen LogP contribution in [0.5, 0.6) is 0 Å². The Kier molecular flexibility index (Phi) is 6.45. The second-order valence-electron chi connectivity index (χ2n) is 4.15. The molecule has 1 N–H and O–H groups in total. The normalized spacial score (nSPS) is 12.4. The molecule has 0 heterocycles. The van der Waals surface area contributed by atoms with E-state index in [1.165, 1.54) is 12.1 Å². The number of aliphatic hydroxyl groups excluding tert-OH is 1. The zero-order chi connectivity index (χ0) is 12.7. The van der Waals surface area contributed by atoms with Gasteiger partial charge in [-0.15, -0.1) is 6.58 Å². The van der Waals surface area contributed by atoms with E-state index >= 15 is 0 Å². The SMILES string of the molecule is C=CCCCCCC(O)c1cc(F)cc(Br)c1. The smallest absolute Gasteiger partial charge is 0.124 e. The van der Waals surface area contributed by atoms with Gasteiger partial charge in [-0.25, -0.2) is 4.39 Å². The molecule has 1 rings (SSSR count). The molecule has 0 saturated carbocycles. The van der Waals surface area contributed by atoms with Gasteiger partial charge in [-0.3, -0.25) is 0 Å². The van der Waals surface area contributed by atoms with Gasteiger partial charge in [0.05, 0.1) is 6.10 Å². The van der Waals surface area contributed by atoms with Gasteiger partial charge in [-0.2, -0.15) is 0 Å². The van der Waals surface area contributed by atoms with Crippen LogP contribution in [0.2, 0.25) is 0 Å². The van der Waals surface area contributed by atoms with Crippen LogP contribution in [0, 0.1) is 5.82 Å². The van der Waals surface area contributed by atoms with Crippen LogP contribution in [-0.2, 0) is 0 Å². The first kappa shape index (κ1) is 14.4. The monoisotopic (exact) mass is 300 g/mol. The molecule has 17 heavy (non-hydrogen) atoms. The van der Waals surface area contributed by atoms with Gasteiger partial charge < -0.3 is 5.11 Å². The number of halogens is 2. The van der Waals surface area contributed by atoms with Gasteiger partial charge in [-0.05, 0) is 43.0 Å². The van der Waals surface area contributed by atoms with Crippen LogP contribution in [0.4, 0.5) is 4.39 Å². The number of benzene rings is 1. The van der Waals surface area contributed by atoms with Crippen LogP contribution in [0.15, 0.2) is 35.3 Å². The third kappa shape index (κ3) is 5.46. The van der Waals surface area contributed by atoms with E-state index in [-0.39, 0.29) is 5.82 Å². The van der Waals surface area contributed by atoms with Crippen molar-refractivity contribution in [3.05, 3.63) is 46.7 Å². The van der Waals surface area contributed by atoms with Gasteiger partial charge >= 0.3 is 0 Å². The summed E-state index contributed by atoms with van der Waals surface area (Å²) >= 11 is 3.22. The fraction of sp³-hybridized carbons (Fsp3) is 0.429. The van der Waals surface area contributed by atoms with Crippen molar-refractivity contribution in [3.63, 3.8) is 0 Å². The lowest BCUT2D eigenvalue weighted by Crippen LogP contribution is -1.98. The molecule has 0 radical (unpaired) electrons. The summed E-state index contributed by atoms with van der Waals surface area (Å²) in [6.07, 6.45) is 6.13. The number of rotatable bonds is 7. The quantitative estimate of drug-likeness (QED) is 0.569. The van der Waals surface area contributed by atoms with Gasteiger partial charge in [0.1, 0.15) is 5.82 Å². The molecule has 0 saturated heterocycles. The van der Waals surface area contributed by atoms with Gasteiger partial charge in [0.25, 0.3) is 0 Å². The van der Waals surface area contributed by atoms with E-state index in [0.29, 0.717) is 16.5 Å². The molecule has 0 amide bonds. The molecular weight excluding hydrogens is 283 g/mol. The van der Waals surface area contributed by atoms with E-state index in [1.807, 2.05) is 6.08 Å². The summed E-state index contributed by atoms with van der Waals surface area (Å²) in [5.41, 5.74) is 0.639. The van der Waals surface area contributed by atoms with Crippen LogP contribution in [0.1, 0.15) is 43.8 Å². The molecule has 0 spiro atoms. The third-order valence-electron chi connectivity index (χ3n) is 2.66. The van der Waals surface area contributed by atoms with Gasteiger partial charge in [0.15, 0.2) is 0 Å². The van der Waals surface area contributed by atoms with Crippen molar-refractivity contribution < 1.29 is 9.50 Å². The second kappa shape index (κ2) is 7.62. The molecule has 0 aliphatic heterocycles. The highest BCUT2D eigenvalue weighted by Gasteiger charge is 2.09. The summed E-state index contributed by atoms with van der Waals surface area (Å²) in [4.78, 5) is 0. The second-order valence-corrected chi connectivity index (χ2v) is 5.06. The van der Waals surface area contributed by atoms with Gasteiger partial charge in [0.2, 0.25) is 0 Å². The lowest BCUT2D eigenvalue weighted by molar-refractivity contribution is 0.163. The highest BCUT2D eigenvalue weighted by molar-refractivity contribution is 9.10. The number of aliphatic hydroxyl groups is 1. The van der Waals surface area contributed by atoms with Crippen molar-refractivity contribution in [2.75, 3.05) is 0 Å². The van der Waals surface area contributed by atoms with Gasteiger partial charge in [0, 0.05) is 4.47 Å². The Morgan fingerprint density at radius 2 is 2.06 bits per heavy atom. The number of unbranched alkanes of at least 4 members (excludes halogenated alkanes) is 3. The first-order valence-corrected chi connectivity index (χ1v) is 6.67. The van der Waals surface area contributed by atoms with E-state index in [1.54, 1.807) is 6.07 Å². The molecule has 1 aromatic carbocycles. The Hall–Kier alpha value is -0.670. The number of hydrogen-bond donors (Lipinski definition) is 1. The highest BCUT2D eigenvalue weighted by Crippen LogP contribution is 2.24. The number of allylic oxidation sites excluding steroid dienone is 1. The maximum atomic E-state index is 13.1. The Morgan fingerprint density at radius 3 is 2.71 bits per heavy atom. The fourth-order valence-electron chi connectivity index (χ4n) is 1.74. The molecule has 0 fully saturated rings. The maximum absolute atomic E-state index is 13.1. The van der Waals surface area contributed by atoms with Crippen molar-refractivity contribution in [3.8, 4) is 0 Å². The predicted molar refractivity (Wildman–Crippen MR) is 72.3 cm³/mol. The summed E-state index contributed by atoms with van der Waals surface area (Å²) < 4.78 is 13.8. The lowest BCUT2D eigenvalue weighted by Gasteiger charge is -2.11. The molecule has 0 bridgehead atoms. The lowest BCUT2D eigenvalue weighted by atomic mass is 10.0. The first-order chi connectivity index (χ1) is 8.13. The molecular formula is C14H18BrFO. The maximum Gasteiger partial charge on any atom is 0.124 e. The van der Waals surface area contributed by atoms with Crippen LogP contribution >= 0.6 is 15.9 Å². The zero-order valence-corrected chi connectivity index (χ0v) is 11.4. The minimum Gasteiger partial charge on any atom is -0.388 e. The summed E-state index contributed by atoms with van der Waals surface area (Å²) in [5.74, 6) is -0.319. The third-order valence-corrected chi connectivity index (χ3v) is 3.11.